The number of hydrogen-bond donors (Lipinski definition) is 2. The highest BCUT2D eigenvalue weighted by Crippen LogP contribution is 2.22. The minimum absolute atomic E-state index is 0.0881. The van der Waals surface area contributed by atoms with Crippen molar-refractivity contribution >= 4 is 15.9 Å². The molecular weight excluding hydrogens is 426 g/mol. The van der Waals surface area contributed by atoms with E-state index >= 15 is 0 Å². The number of amides is 1. The van der Waals surface area contributed by atoms with Crippen LogP contribution in [0.5, 0.6) is 0 Å². The summed E-state index contributed by atoms with van der Waals surface area (Å²) >= 11 is 0. The Morgan fingerprint density at radius 2 is 1.69 bits per heavy atom. The van der Waals surface area contributed by atoms with Crippen LogP contribution in [0.1, 0.15) is 34.1 Å². The number of aryl methyl sites for hydroxylation is 1. The smallest absolute Gasteiger partial charge is 0.268 e. The maximum atomic E-state index is 13.0. The second-order valence-corrected chi connectivity index (χ2v) is 9.66. The maximum Gasteiger partial charge on any atom is 0.268 e. The van der Waals surface area contributed by atoms with Crippen LogP contribution in [0.2, 0.25) is 0 Å². The predicted octanol–water partition coefficient (Wildman–Crippen LogP) is 3.14. The fourth-order valence-corrected chi connectivity index (χ4v) is 5.19. The Morgan fingerprint density at radius 3 is 2.38 bits per heavy atom. The molecule has 0 bridgehead atoms. The van der Waals surface area contributed by atoms with Gasteiger partial charge in [-0.1, -0.05) is 60.7 Å². The third-order valence-electron chi connectivity index (χ3n) is 5.58. The third-order valence-corrected chi connectivity index (χ3v) is 7.46. The van der Waals surface area contributed by atoms with Crippen LogP contribution in [-0.2, 0) is 21.2 Å². The third kappa shape index (κ3) is 5.27. The van der Waals surface area contributed by atoms with Gasteiger partial charge in [-0.25, -0.2) is 8.42 Å². The normalized spacial score (nSPS) is 15.9. The monoisotopic (exact) mass is 453 g/mol. The zero-order valence-electron chi connectivity index (χ0n) is 17.7. The molecule has 32 heavy (non-hydrogen) atoms. The molecule has 2 heterocycles. The molecule has 1 aromatic heterocycles. The molecule has 2 N–H and O–H groups in total. The number of carbonyl (C=O) groups excluding carboxylic acids is 1. The molecule has 1 aliphatic rings. The summed E-state index contributed by atoms with van der Waals surface area (Å²) in [6, 6.07) is 21.1. The van der Waals surface area contributed by atoms with Gasteiger partial charge in [0.05, 0.1) is 19.3 Å². The van der Waals surface area contributed by atoms with Crippen LogP contribution in [0.4, 0.5) is 0 Å². The molecule has 7 nitrogen and oxygen atoms in total. The molecule has 168 valence electrons. The summed E-state index contributed by atoms with van der Waals surface area (Å²) in [6.07, 6.45) is 2.91. The van der Waals surface area contributed by atoms with Crippen molar-refractivity contribution in [1.82, 2.24) is 14.6 Å². The lowest BCUT2D eigenvalue weighted by molar-refractivity contribution is 0.0730. The molecule has 1 amide bonds. The lowest BCUT2D eigenvalue weighted by Gasteiger charge is -2.25. The van der Waals surface area contributed by atoms with Crippen LogP contribution >= 0.6 is 0 Å². The second kappa shape index (κ2) is 10.1. The average molecular weight is 454 g/mol. The van der Waals surface area contributed by atoms with E-state index in [9.17, 15) is 13.2 Å². The highest BCUT2D eigenvalue weighted by atomic mass is 32.2. The summed E-state index contributed by atoms with van der Waals surface area (Å²) in [4.78, 5) is 15.9. The molecule has 2 aromatic carbocycles. The Bertz CT molecular complexity index is 1120. The van der Waals surface area contributed by atoms with Crippen molar-refractivity contribution < 1.29 is 17.9 Å². The zero-order chi connectivity index (χ0) is 22.4. The second-order valence-electron chi connectivity index (χ2n) is 7.73. The van der Waals surface area contributed by atoms with Gasteiger partial charge in [0.1, 0.15) is 10.6 Å². The Balaban J connectivity index is 1.48. The van der Waals surface area contributed by atoms with E-state index in [1.54, 1.807) is 0 Å². The minimum Gasteiger partial charge on any atom is -0.379 e. The summed E-state index contributed by atoms with van der Waals surface area (Å²) in [5, 5.41) is 3.07. The first-order chi connectivity index (χ1) is 15.5. The molecule has 1 aliphatic heterocycles. The van der Waals surface area contributed by atoms with Gasteiger partial charge < -0.3 is 15.0 Å². The van der Waals surface area contributed by atoms with Crippen LogP contribution in [0.3, 0.4) is 0 Å². The lowest BCUT2D eigenvalue weighted by Crippen LogP contribution is -2.40. The number of H-pyrrole nitrogens is 1. The number of ether oxygens (including phenoxy) is 1. The fourth-order valence-electron chi connectivity index (χ4n) is 3.79. The summed E-state index contributed by atoms with van der Waals surface area (Å²) in [6.45, 7) is 1.36. The number of rotatable bonds is 8. The van der Waals surface area contributed by atoms with Crippen LogP contribution in [0, 0.1) is 0 Å². The van der Waals surface area contributed by atoms with Gasteiger partial charge in [0.2, 0.25) is 10.0 Å². The number of sulfonamides is 1. The van der Waals surface area contributed by atoms with Crippen LogP contribution in [-0.4, -0.2) is 49.9 Å². The molecule has 3 aromatic rings. The van der Waals surface area contributed by atoms with Gasteiger partial charge in [-0.15, -0.1) is 0 Å². The van der Waals surface area contributed by atoms with E-state index in [2.05, 4.69) is 22.4 Å². The topological polar surface area (TPSA) is 91.5 Å². The van der Waals surface area contributed by atoms with E-state index < -0.39 is 10.0 Å². The molecule has 0 saturated carbocycles. The summed E-state index contributed by atoms with van der Waals surface area (Å²) in [5.74, 6) is -0.338. The van der Waals surface area contributed by atoms with Crippen molar-refractivity contribution in [3.63, 3.8) is 0 Å². The van der Waals surface area contributed by atoms with E-state index in [-0.39, 0.29) is 22.5 Å². The number of nitrogens with one attached hydrogen (secondary N) is 2. The Kier molecular flexibility index (Phi) is 7.04. The number of morpholine rings is 1. The van der Waals surface area contributed by atoms with Gasteiger partial charge in [0, 0.05) is 19.3 Å². The molecular formula is C24H27N3O4S. The summed E-state index contributed by atoms with van der Waals surface area (Å²) in [7, 11) is -3.66. The molecule has 1 fully saturated rings. The average Bonchev–Trinajstić information content (AvgIpc) is 3.35. The molecule has 1 atom stereocenters. The first-order valence-electron chi connectivity index (χ1n) is 10.7. The fraction of sp³-hybridized carbons (Fsp3) is 0.292. The Labute approximate surface area is 188 Å². The van der Waals surface area contributed by atoms with Crippen molar-refractivity contribution in [2.75, 3.05) is 26.3 Å². The van der Waals surface area contributed by atoms with E-state index in [1.165, 1.54) is 22.1 Å². The SMILES string of the molecule is O=C(NC(CCc1ccccc1)c1ccccc1)c1cc(S(=O)(=O)N2CCOCC2)c[nH]1. The van der Waals surface area contributed by atoms with Crippen molar-refractivity contribution in [1.29, 1.82) is 0 Å². The Morgan fingerprint density at radius 1 is 1.03 bits per heavy atom. The summed E-state index contributed by atoms with van der Waals surface area (Å²) < 4.78 is 32.3. The van der Waals surface area contributed by atoms with Crippen molar-refractivity contribution in [2.45, 2.75) is 23.8 Å². The predicted molar refractivity (Wildman–Crippen MR) is 122 cm³/mol. The Hall–Kier alpha value is -2.94. The van der Waals surface area contributed by atoms with Crippen LogP contribution in [0.15, 0.2) is 77.8 Å². The van der Waals surface area contributed by atoms with E-state index in [1.807, 2.05) is 48.5 Å². The molecule has 0 aliphatic carbocycles. The van der Waals surface area contributed by atoms with Crippen molar-refractivity contribution in [2.24, 2.45) is 0 Å². The first-order valence-corrected chi connectivity index (χ1v) is 12.1. The van der Waals surface area contributed by atoms with Crippen molar-refractivity contribution in [3.8, 4) is 0 Å². The quantitative estimate of drug-likeness (QED) is 0.548. The van der Waals surface area contributed by atoms with Crippen LogP contribution in [0.25, 0.3) is 0 Å². The maximum absolute atomic E-state index is 13.0. The molecule has 4 rings (SSSR count). The number of benzene rings is 2. The number of aromatic amines is 1. The van der Waals surface area contributed by atoms with Gasteiger partial charge in [-0.3, -0.25) is 4.79 Å². The largest absolute Gasteiger partial charge is 0.379 e. The number of aromatic nitrogens is 1. The first kappa shape index (κ1) is 22.3. The van der Waals surface area contributed by atoms with Gasteiger partial charge >= 0.3 is 0 Å². The summed E-state index contributed by atoms with van der Waals surface area (Å²) in [5.41, 5.74) is 2.42. The molecule has 0 spiro atoms. The standard InChI is InChI=1S/C24H27N3O4S/c28-24(23-17-21(18-25-23)32(29,30)27-13-15-31-16-14-27)26-22(20-9-5-2-6-10-20)12-11-19-7-3-1-4-8-19/h1-10,17-18,22,25H,11-16H2,(H,26,28). The number of nitrogens with zero attached hydrogens (tertiary/aromatic N) is 1. The number of carbonyl (C=O) groups is 1. The van der Waals surface area contributed by atoms with Gasteiger partial charge in [0.15, 0.2) is 0 Å². The van der Waals surface area contributed by atoms with Crippen molar-refractivity contribution in [3.05, 3.63) is 89.7 Å². The number of hydrogen-bond acceptors (Lipinski definition) is 4. The van der Waals surface area contributed by atoms with E-state index in [0.717, 1.165) is 18.4 Å². The molecule has 0 radical (unpaired) electrons. The highest BCUT2D eigenvalue weighted by Gasteiger charge is 2.28. The van der Waals surface area contributed by atoms with Gasteiger partial charge in [-0.2, -0.15) is 4.31 Å². The highest BCUT2D eigenvalue weighted by molar-refractivity contribution is 7.89. The van der Waals surface area contributed by atoms with Gasteiger partial charge in [0.25, 0.3) is 5.91 Å². The van der Waals surface area contributed by atoms with E-state index in [4.69, 9.17) is 4.74 Å². The van der Waals surface area contributed by atoms with Crippen LogP contribution < -0.4 is 5.32 Å². The lowest BCUT2D eigenvalue weighted by atomic mass is 9.99. The molecule has 1 saturated heterocycles. The zero-order valence-corrected chi connectivity index (χ0v) is 18.6. The molecule has 8 heteroatoms. The molecule has 1 unspecified atom stereocenters. The van der Waals surface area contributed by atoms with E-state index in [0.29, 0.717) is 26.3 Å². The van der Waals surface area contributed by atoms with Gasteiger partial charge in [-0.05, 0) is 30.0 Å². The minimum atomic E-state index is -3.66.